The van der Waals surface area contributed by atoms with Crippen molar-refractivity contribution in [2.45, 2.75) is 13.8 Å². The predicted molar refractivity (Wildman–Crippen MR) is 77.8 cm³/mol. The Balaban J connectivity index is 2.39. The lowest BCUT2D eigenvalue weighted by atomic mass is 10.1. The summed E-state index contributed by atoms with van der Waals surface area (Å²) in [6.45, 7) is 4.01. The summed E-state index contributed by atoms with van der Waals surface area (Å²) in [5.74, 6) is 0. The summed E-state index contributed by atoms with van der Waals surface area (Å²) < 4.78 is 1.69. The van der Waals surface area contributed by atoms with Gasteiger partial charge in [0.2, 0.25) is 0 Å². The van der Waals surface area contributed by atoms with Gasteiger partial charge in [0, 0.05) is 5.69 Å². The first kappa shape index (κ1) is 11.6. The van der Waals surface area contributed by atoms with Crippen molar-refractivity contribution in [1.29, 1.82) is 0 Å². The van der Waals surface area contributed by atoms with Crippen LogP contribution in [-0.4, -0.2) is 9.55 Å². The minimum atomic E-state index is -0.144. The van der Waals surface area contributed by atoms with Crippen LogP contribution in [0.2, 0.25) is 0 Å². The maximum absolute atomic E-state index is 12.2. The fourth-order valence-electron chi connectivity index (χ4n) is 2.33. The Bertz CT molecular complexity index is 827. The molecule has 0 bridgehead atoms. The zero-order valence-electron chi connectivity index (χ0n) is 10.9. The molecule has 0 fully saturated rings. The number of imidazole rings is 1. The Kier molecular flexibility index (Phi) is 2.45. The van der Waals surface area contributed by atoms with E-state index in [4.69, 9.17) is 5.73 Å². The summed E-state index contributed by atoms with van der Waals surface area (Å²) in [4.78, 5) is 15.0. The highest BCUT2D eigenvalue weighted by atomic mass is 16.1. The second kappa shape index (κ2) is 4.02. The van der Waals surface area contributed by atoms with Crippen LogP contribution in [0, 0.1) is 13.8 Å². The number of fused-ring (bicyclic) bond motifs is 1. The number of aromatic amines is 1. The van der Waals surface area contributed by atoms with Crippen molar-refractivity contribution in [2.75, 3.05) is 5.73 Å². The minimum absolute atomic E-state index is 0.144. The third kappa shape index (κ3) is 1.81. The molecule has 0 saturated carbocycles. The number of nitrogen functional groups attached to an aromatic ring is 1. The normalized spacial score (nSPS) is 11.1. The van der Waals surface area contributed by atoms with E-state index in [0.29, 0.717) is 5.69 Å². The molecule has 0 aliphatic heterocycles. The van der Waals surface area contributed by atoms with Crippen molar-refractivity contribution in [2.24, 2.45) is 0 Å². The SMILES string of the molecule is Cc1ccc(C)c(-n2c(=O)[nH]c3cc(N)ccc32)c1. The first-order valence-electron chi connectivity index (χ1n) is 6.14. The van der Waals surface area contributed by atoms with Crippen molar-refractivity contribution in [3.8, 4) is 5.69 Å². The van der Waals surface area contributed by atoms with E-state index >= 15 is 0 Å². The molecular weight excluding hydrogens is 238 g/mol. The number of nitrogens with one attached hydrogen (secondary N) is 1. The van der Waals surface area contributed by atoms with Crippen LogP contribution in [0.4, 0.5) is 5.69 Å². The Hall–Kier alpha value is -2.49. The molecule has 0 unspecified atom stereocenters. The molecular formula is C15H15N3O. The molecule has 0 aliphatic rings. The van der Waals surface area contributed by atoms with Crippen LogP contribution in [0.25, 0.3) is 16.7 Å². The Morgan fingerprint density at radius 2 is 1.89 bits per heavy atom. The van der Waals surface area contributed by atoms with Crippen LogP contribution in [0.15, 0.2) is 41.2 Å². The van der Waals surface area contributed by atoms with Gasteiger partial charge in [0.25, 0.3) is 0 Å². The molecule has 1 heterocycles. The maximum atomic E-state index is 12.2. The fourth-order valence-corrected chi connectivity index (χ4v) is 2.33. The standard InChI is InChI=1S/C15H15N3O/c1-9-3-4-10(2)14(7-9)18-13-6-5-11(16)8-12(13)17-15(18)19/h3-8H,16H2,1-2H3,(H,17,19). The Morgan fingerprint density at radius 3 is 2.68 bits per heavy atom. The van der Waals surface area contributed by atoms with Gasteiger partial charge in [0.05, 0.1) is 16.7 Å². The third-order valence-corrected chi connectivity index (χ3v) is 3.31. The van der Waals surface area contributed by atoms with Gasteiger partial charge >= 0.3 is 5.69 Å². The van der Waals surface area contributed by atoms with E-state index in [1.807, 2.05) is 38.1 Å². The van der Waals surface area contributed by atoms with E-state index < -0.39 is 0 Å². The van der Waals surface area contributed by atoms with E-state index in [2.05, 4.69) is 4.98 Å². The van der Waals surface area contributed by atoms with Crippen LogP contribution in [0.1, 0.15) is 11.1 Å². The minimum Gasteiger partial charge on any atom is -0.399 e. The van der Waals surface area contributed by atoms with E-state index in [9.17, 15) is 4.79 Å². The zero-order chi connectivity index (χ0) is 13.6. The van der Waals surface area contributed by atoms with Gasteiger partial charge in [0.15, 0.2) is 0 Å². The molecule has 3 rings (SSSR count). The number of H-pyrrole nitrogens is 1. The number of rotatable bonds is 1. The number of hydrogen-bond acceptors (Lipinski definition) is 2. The van der Waals surface area contributed by atoms with Gasteiger partial charge in [-0.25, -0.2) is 4.79 Å². The number of nitrogens with two attached hydrogens (primary N) is 1. The van der Waals surface area contributed by atoms with Crippen LogP contribution in [0.5, 0.6) is 0 Å². The molecule has 1 aromatic heterocycles. The van der Waals surface area contributed by atoms with Crippen LogP contribution < -0.4 is 11.4 Å². The van der Waals surface area contributed by atoms with E-state index in [1.165, 1.54) is 0 Å². The highest BCUT2D eigenvalue weighted by Crippen LogP contribution is 2.21. The summed E-state index contributed by atoms with van der Waals surface area (Å²) in [5.41, 5.74) is 10.9. The quantitative estimate of drug-likeness (QED) is 0.654. The lowest BCUT2D eigenvalue weighted by molar-refractivity contribution is 1.00. The number of hydrogen-bond donors (Lipinski definition) is 2. The smallest absolute Gasteiger partial charge is 0.331 e. The lowest BCUT2D eigenvalue weighted by Crippen LogP contribution is -2.15. The average Bonchev–Trinajstić information content (AvgIpc) is 2.67. The average molecular weight is 253 g/mol. The molecule has 3 N–H and O–H groups in total. The summed E-state index contributed by atoms with van der Waals surface area (Å²) in [7, 11) is 0. The molecule has 2 aromatic carbocycles. The second-order valence-electron chi connectivity index (χ2n) is 4.83. The number of nitrogens with zero attached hydrogens (tertiary/aromatic N) is 1. The van der Waals surface area contributed by atoms with Crippen molar-refractivity contribution >= 4 is 16.7 Å². The molecule has 19 heavy (non-hydrogen) atoms. The van der Waals surface area contributed by atoms with Gasteiger partial charge in [-0.05, 0) is 49.2 Å². The summed E-state index contributed by atoms with van der Waals surface area (Å²) >= 11 is 0. The van der Waals surface area contributed by atoms with Crippen molar-refractivity contribution < 1.29 is 0 Å². The molecule has 3 aromatic rings. The van der Waals surface area contributed by atoms with Crippen molar-refractivity contribution in [3.63, 3.8) is 0 Å². The molecule has 0 aliphatic carbocycles. The topological polar surface area (TPSA) is 63.8 Å². The number of anilines is 1. The largest absolute Gasteiger partial charge is 0.399 e. The Morgan fingerprint density at radius 1 is 1.11 bits per heavy atom. The van der Waals surface area contributed by atoms with Crippen molar-refractivity contribution in [1.82, 2.24) is 9.55 Å². The predicted octanol–water partition coefficient (Wildman–Crippen LogP) is 2.52. The first-order valence-corrected chi connectivity index (χ1v) is 6.14. The zero-order valence-corrected chi connectivity index (χ0v) is 10.9. The monoisotopic (exact) mass is 253 g/mol. The molecule has 4 heteroatoms. The Labute approximate surface area is 110 Å². The van der Waals surface area contributed by atoms with E-state index in [1.54, 1.807) is 16.7 Å². The molecule has 0 atom stereocenters. The van der Waals surface area contributed by atoms with Crippen LogP contribution in [-0.2, 0) is 0 Å². The van der Waals surface area contributed by atoms with Gasteiger partial charge in [-0.1, -0.05) is 12.1 Å². The molecule has 0 saturated heterocycles. The van der Waals surface area contributed by atoms with Crippen LogP contribution >= 0.6 is 0 Å². The number of aromatic nitrogens is 2. The molecule has 0 amide bonds. The molecule has 4 nitrogen and oxygen atoms in total. The van der Waals surface area contributed by atoms with Gasteiger partial charge in [-0.3, -0.25) is 4.57 Å². The third-order valence-electron chi connectivity index (χ3n) is 3.31. The summed E-state index contributed by atoms with van der Waals surface area (Å²) in [5, 5.41) is 0. The van der Waals surface area contributed by atoms with Crippen molar-refractivity contribution in [3.05, 3.63) is 58.0 Å². The highest BCUT2D eigenvalue weighted by Gasteiger charge is 2.10. The van der Waals surface area contributed by atoms with Crippen LogP contribution in [0.3, 0.4) is 0 Å². The van der Waals surface area contributed by atoms with Gasteiger partial charge < -0.3 is 10.7 Å². The molecule has 0 radical (unpaired) electrons. The molecule has 0 spiro atoms. The van der Waals surface area contributed by atoms with Gasteiger partial charge in [-0.2, -0.15) is 0 Å². The molecule has 96 valence electrons. The fraction of sp³-hybridized carbons (Fsp3) is 0.133. The highest BCUT2D eigenvalue weighted by molar-refractivity contribution is 5.80. The summed E-state index contributed by atoms with van der Waals surface area (Å²) in [6, 6.07) is 11.5. The first-order chi connectivity index (χ1) is 9.06. The maximum Gasteiger partial charge on any atom is 0.331 e. The van der Waals surface area contributed by atoms with Gasteiger partial charge in [-0.15, -0.1) is 0 Å². The van der Waals surface area contributed by atoms with E-state index in [-0.39, 0.29) is 5.69 Å². The summed E-state index contributed by atoms with van der Waals surface area (Å²) in [6.07, 6.45) is 0. The van der Waals surface area contributed by atoms with Gasteiger partial charge in [0.1, 0.15) is 0 Å². The number of aryl methyl sites for hydroxylation is 2. The van der Waals surface area contributed by atoms with E-state index in [0.717, 1.165) is 27.8 Å². The number of benzene rings is 2. The second-order valence-corrected chi connectivity index (χ2v) is 4.83. The lowest BCUT2D eigenvalue weighted by Gasteiger charge is -2.08.